The van der Waals surface area contributed by atoms with E-state index in [-0.39, 0.29) is 17.7 Å². The molecule has 9 heteroatoms. The van der Waals surface area contributed by atoms with Crippen molar-refractivity contribution in [2.75, 3.05) is 20.7 Å². The number of halogens is 1. The van der Waals surface area contributed by atoms with Gasteiger partial charge in [0.2, 0.25) is 5.60 Å². The molecule has 152 valence electrons. The van der Waals surface area contributed by atoms with Crippen LogP contribution in [0, 0.1) is 17.7 Å². The number of carbonyl (C=O) groups is 2. The summed E-state index contributed by atoms with van der Waals surface area (Å²) in [7, 11) is 2.82. The Kier molecular flexibility index (Phi) is 4.72. The molecule has 1 aromatic carbocycles. The van der Waals surface area contributed by atoms with Crippen LogP contribution in [0.3, 0.4) is 0 Å². The maximum absolute atomic E-state index is 14.4. The molecule has 1 aliphatic rings. The number of esters is 1. The molecule has 4 rings (SSSR count). The molecule has 1 aliphatic heterocycles. The van der Waals surface area contributed by atoms with E-state index in [0.29, 0.717) is 23.3 Å². The van der Waals surface area contributed by atoms with Crippen molar-refractivity contribution in [1.82, 2.24) is 19.7 Å². The second-order valence-electron chi connectivity index (χ2n) is 6.88. The second-order valence-corrected chi connectivity index (χ2v) is 6.88. The zero-order valence-corrected chi connectivity index (χ0v) is 16.2. The number of aliphatic hydroxyl groups is 1. The first-order chi connectivity index (χ1) is 14.3. The molecule has 0 bridgehead atoms. The van der Waals surface area contributed by atoms with Crippen LogP contribution in [-0.2, 0) is 9.53 Å². The van der Waals surface area contributed by atoms with Crippen LogP contribution >= 0.6 is 0 Å². The molecule has 3 heterocycles. The summed E-state index contributed by atoms with van der Waals surface area (Å²) in [6.45, 7) is 0.369. The van der Waals surface area contributed by atoms with Crippen molar-refractivity contribution < 1.29 is 23.8 Å². The standard InChI is InChI=1S/C21H17FN4O4/c1-25-11-9-21(29,20(25)28)8-7-13-12-14(5-6-16(13)22)26-18-15(4-3-10-23-18)17(24-26)19(27)30-2/h3-6,10,12,29H,9,11H2,1-2H3/t21-/m0/s1. The summed E-state index contributed by atoms with van der Waals surface area (Å²) < 4.78 is 20.5. The monoisotopic (exact) mass is 408 g/mol. The average molecular weight is 408 g/mol. The molecule has 1 N–H and O–H groups in total. The number of carbonyl (C=O) groups excluding carboxylic acids is 2. The van der Waals surface area contributed by atoms with Crippen molar-refractivity contribution in [1.29, 1.82) is 0 Å². The van der Waals surface area contributed by atoms with E-state index in [4.69, 9.17) is 4.74 Å². The highest BCUT2D eigenvalue weighted by Gasteiger charge is 2.42. The Hall–Kier alpha value is -3.77. The summed E-state index contributed by atoms with van der Waals surface area (Å²) >= 11 is 0. The lowest BCUT2D eigenvalue weighted by molar-refractivity contribution is -0.137. The van der Waals surface area contributed by atoms with Gasteiger partial charge in [0.05, 0.1) is 23.7 Å². The van der Waals surface area contributed by atoms with Crippen LogP contribution in [0.15, 0.2) is 36.5 Å². The van der Waals surface area contributed by atoms with Crippen LogP contribution in [0.4, 0.5) is 4.39 Å². The summed E-state index contributed by atoms with van der Waals surface area (Å²) in [6.07, 6.45) is 1.69. The Bertz CT molecular complexity index is 1240. The smallest absolute Gasteiger partial charge is 0.359 e. The molecule has 1 atom stereocenters. The van der Waals surface area contributed by atoms with Crippen molar-refractivity contribution >= 4 is 22.9 Å². The Morgan fingerprint density at radius 2 is 2.17 bits per heavy atom. The van der Waals surface area contributed by atoms with Crippen molar-refractivity contribution in [3.63, 3.8) is 0 Å². The number of hydrogen-bond acceptors (Lipinski definition) is 6. The molecule has 1 saturated heterocycles. The molecule has 1 fully saturated rings. The first-order valence-electron chi connectivity index (χ1n) is 9.07. The minimum atomic E-state index is -1.84. The normalized spacial score (nSPS) is 18.4. The summed E-state index contributed by atoms with van der Waals surface area (Å²) in [5.74, 6) is 3.31. The number of likely N-dealkylation sites (tertiary alicyclic amines) is 1. The number of hydrogen-bond donors (Lipinski definition) is 1. The van der Waals surface area contributed by atoms with Gasteiger partial charge in [0.1, 0.15) is 5.82 Å². The van der Waals surface area contributed by atoms with Gasteiger partial charge in [0, 0.05) is 26.2 Å². The summed E-state index contributed by atoms with van der Waals surface area (Å²) in [5, 5.41) is 15.2. The number of rotatable bonds is 2. The Labute approximate surface area is 170 Å². The molecule has 30 heavy (non-hydrogen) atoms. The van der Waals surface area contributed by atoms with Gasteiger partial charge >= 0.3 is 5.97 Å². The van der Waals surface area contributed by atoms with Gasteiger partial charge in [-0.2, -0.15) is 5.10 Å². The van der Waals surface area contributed by atoms with Crippen LogP contribution in [-0.4, -0.2) is 63.0 Å². The molecule has 1 amide bonds. The molecular weight excluding hydrogens is 391 g/mol. The number of likely N-dealkylation sites (N-methyl/N-ethyl adjacent to an activating group) is 1. The molecule has 0 unspecified atom stereocenters. The van der Waals surface area contributed by atoms with Gasteiger partial charge in [0.15, 0.2) is 11.3 Å². The highest BCUT2D eigenvalue weighted by Crippen LogP contribution is 2.24. The first kappa shape index (κ1) is 19.5. The lowest BCUT2D eigenvalue weighted by Crippen LogP contribution is -2.37. The van der Waals surface area contributed by atoms with Crippen LogP contribution < -0.4 is 0 Å². The minimum absolute atomic E-state index is 0.0255. The lowest BCUT2D eigenvalue weighted by atomic mass is 10.0. The summed E-state index contributed by atoms with van der Waals surface area (Å²) in [5.41, 5.74) is -1.00. The van der Waals surface area contributed by atoms with Crippen molar-refractivity contribution in [2.45, 2.75) is 12.0 Å². The summed E-state index contributed by atoms with van der Waals surface area (Å²) in [6, 6.07) is 7.42. The number of nitrogens with zero attached hydrogens (tertiary/aromatic N) is 4. The minimum Gasteiger partial charge on any atom is -0.464 e. The molecule has 0 radical (unpaired) electrons. The van der Waals surface area contributed by atoms with E-state index in [0.717, 1.165) is 0 Å². The van der Waals surface area contributed by atoms with Gasteiger partial charge in [-0.05, 0) is 30.3 Å². The van der Waals surface area contributed by atoms with E-state index in [9.17, 15) is 19.1 Å². The quantitative estimate of drug-likeness (QED) is 0.507. The molecule has 0 spiro atoms. The van der Waals surface area contributed by atoms with Gasteiger partial charge in [-0.1, -0.05) is 11.8 Å². The second kappa shape index (κ2) is 7.24. The Morgan fingerprint density at radius 3 is 2.87 bits per heavy atom. The number of methoxy groups -OCH3 is 1. The van der Waals surface area contributed by atoms with Crippen LogP contribution in [0.1, 0.15) is 22.5 Å². The molecule has 2 aromatic heterocycles. The fraction of sp³-hybridized carbons (Fsp3) is 0.238. The largest absolute Gasteiger partial charge is 0.464 e. The van der Waals surface area contributed by atoms with Crippen molar-refractivity contribution in [3.8, 4) is 17.5 Å². The highest BCUT2D eigenvalue weighted by atomic mass is 19.1. The van der Waals surface area contributed by atoms with E-state index in [2.05, 4.69) is 21.9 Å². The van der Waals surface area contributed by atoms with Crippen molar-refractivity contribution in [3.05, 3.63) is 53.6 Å². The maximum atomic E-state index is 14.4. The zero-order valence-electron chi connectivity index (χ0n) is 16.2. The molecule has 0 aliphatic carbocycles. The van der Waals surface area contributed by atoms with Gasteiger partial charge < -0.3 is 14.7 Å². The Balaban J connectivity index is 1.80. The predicted octanol–water partition coefficient (Wildman–Crippen LogP) is 1.29. The maximum Gasteiger partial charge on any atom is 0.359 e. The third-order valence-corrected chi connectivity index (χ3v) is 4.93. The third-order valence-electron chi connectivity index (χ3n) is 4.93. The lowest BCUT2D eigenvalue weighted by Gasteiger charge is -2.13. The topological polar surface area (TPSA) is 97.5 Å². The summed E-state index contributed by atoms with van der Waals surface area (Å²) in [4.78, 5) is 29.8. The van der Waals surface area contributed by atoms with Gasteiger partial charge in [0.25, 0.3) is 5.91 Å². The van der Waals surface area contributed by atoms with E-state index in [1.165, 1.54) is 34.9 Å². The number of aromatic nitrogens is 3. The Morgan fingerprint density at radius 1 is 1.37 bits per heavy atom. The average Bonchev–Trinajstić information content (AvgIpc) is 3.26. The fourth-order valence-electron chi connectivity index (χ4n) is 3.26. The van der Waals surface area contributed by atoms with Crippen LogP contribution in [0.25, 0.3) is 16.7 Å². The number of ether oxygens (including phenoxy) is 1. The SMILES string of the molecule is COC(=O)c1nn(-c2ccc(F)c(C#C[C@]3(O)CCN(C)C3=O)c2)c2ncccc12. The number of amides is 1. The molecular formula is C21H17FN4O4. The fourth-order valence-corrected chi connectivity index (χ4v) is 3.26. The third kappa shape index (κ3) is 3.17. The predicted molar refractivity (Wildman–Crippen MR) is 104 cm³/mol. The first-order valence-corrected chi connectivity index (χ1v) is 9.07. The van der Waals surface area contributed by atoms with Gasteiger partial charge in [-0.3, -0.25) is 4.79 Å². The molecule has 8 nitrogen and oxygen atoms in total. The zero-order chi connectivity index (χ0) is 21.5. The highest BCUT2D eigenvalue weighted by molar-refractivity contribution is 6.01. The van der Waals surface area contributed by atoms with Crippen LogP contribution in [0.5, 0.6) is 0 Å². The number of pyridine rings is 1. The van der Waals surface area contributed by atoms with Crippen molar-refractivity contribution in [2.24, 2.45) is 0 Å². The molecule has 0 saturated carbocycles. The molecule has 3 aromatic rings. The van der Waals surface area contributed by atoms with Gasteiger partial charge in [-0.25, -0.2) is 18.9 Å². The van der Waals surface area contributed by atoms with Gasteiger partial charge in [-0.15, -0.1) is 0 Å². The van der Waals surface area contributed by atoms with E-state index < -0.39 is 23.3 Å². The van der Waals surface area contributed by atoms with Crippen LogP contribution in [0.2, 0.25) is 0 Å². The van der Waals surface area contributed by atoms with E-state index in [1.54, 1.807) is 25.4 Å². The number of fused-ring (bicyclic) bond motifs is 1. The van der Waals surface area contributed by atoms with E-state index >= 15 is 0 Å². The number of benzene rings is 1. The van der Waals surface area contributed by atoms with E-state index in [1.807, 2.05) is 0 Å².